The zero-order chi connectivity index (χ0) is 23.5. The first-order valence-corrected chi connectivity index (χ1v) is 12.2. The lowest BCUT2D eigenvalue weighted by atomic mass is 9.98. The molecule has 1 fully saturated rings. The first-order chi connectivity index (χ1) is 15.1. The first-order valence-electron chi connectivity index (χ1n) is 10.0. The molecule has 1 aliphatic heterocycles. The smallest absolute Gasteiger partial charge is 0.390 e. The van der Waals surface area contributed by atoms with Crippen molar-refractivity contribution in [3.05, 3.63) is 50.8 Å². The number of piperidine rings is 1. The molecule has 0 bridgehead atoms. The van der Waals surface area contributed by atoms with E-state index in [1.807, 2.05) is 0 Å². The summed E-state index contributed by atoms with van der Waals surface area (Å²) in [5.74, 6) is -0.293. The summed E-state index contributed by atoms with van der Waals surface area (Å²) in [5, 5.41) is 11.0. The molecular weight excluding hydrogens is 481 g/mol. The molecule has 2 heterocycles. The van der Waals surface area contributed by atoms with Crippen LogP contribution in [-0.2, 0) is 21.4 Å². The average molecular weight is 504 g/mol. The van der Waals surface area contributed by atoms with Crippen LogP contribution in [0, 0.1) is 16.0 Å². The number of nitrogens with zero attached hydrogens (tertiary/aromatic N) is 4. The fourth-order valence-electron chi connectivity index (χ4n) is 3.54. The molecule has 13 heteroatoms. The van der Waals surface area contributed by atoms with E-state index < -0.39 is 21.0 Å². The molecule has 1 aliphatic rings. The second kappa shape index (κ2) is 10.2. The van der Waals surface area contributed by atoms with Gasteiger partial charge in [0.25, 0.3) is 0 Å². The number of carbonyl (C=O) groups excluding carboxylic acids is 1. The molecule has 1 aromatic heterocycles. The molecule has 1 atom stereocenters. The number of hydrogen-bond donors (Lipinski definition) is 1. The van der Waals surface area contributed by atoms with E-state index in [0.29, 0.717) is 19.0 Å². The number of likely N-dealkylation sites (tertiary alicyclic amines) is 1. The van der Waals surface area contributed by atoms with E-state index in [1.165, 1.54) is 35.2 Å². The maximum absolute atomic E-state index is 13.2. The number of halogens is 2. The van der Waals surface area contributed by atoms with Crippen molar-refractivity contribution in [3.63, 3.8) is 0 Å². The van der Waals surface area contributed by atoms with Crippen LogP contribution in [0.5, 0.6) is 0 Å². The quantitative estimate of drug-likeness (QED) is 0.435. The highest BCUT2D eigenvalue weighted by molar-refractivity contribution is 7.89. The number of carbonyl (C=O) groups is 1. The number of imidazole rings is 1. The Hall–Kier alpha value is -2.21. The van der Waals surface area contributed by atoms with Gasteiger partial charge in [0, 0.05) is 19.5 Å². The summed E-state index contributed by atoms with van der Waals surface area (Å²) in [5.41, 5.74) is 0. The van der Waals surface area contributed by atoms with Gasteiger partial charge in [-0.25, -0.2) is 13.0 Å². The molecule has 10 nitrogen and oxygen atoms in total. The molecule has 1 aromatic carbocycles. The Labute approximate surface area is 195 Å². The van der Waals surface area contributed by atoms with E-state index in [2.05, 4.69) is 16.6 Å². The molecule has 0 spiro atoms. The predicted molar refractivity (Wildman–Crippen MR) is 119 cm³/mol. The maximum atomic E-state index is 13.2. The Morgan fingerprint density at radius 3 is 2.69 bits per heavy atom. The Morgan fingerprint density at radius 1 is 1.34 bits per heavy atom. The molecule has 1 saturated heterocycles. The molecule has 174 valence electrons. The number of benzene rings is 1. The molecule has 1 amide bonds. The van der Waals surface area contributed by atoms with Crippen LogP contribution < -0.4 is 4.72 Å². The Morgan fingerprint density at radius 2 is 2.03 bits per heavy atom. The van der Waals surface area contributed by atoms with E-state index in [9.17, 15) is 23.3 Å². The number of sulfonamides is 1. The van der Waals surface area contributed by atoms with Crippen molar-refractivity contribution in [3.8, 4) is 0 Å². The second-order valence-corrected chi connectivity index (χ2v) is 10.2. The fourth-order valence-corrected chi connectivity index (χ4v) is 5.53. The third kappa shape index (κ3) is 5.58. The maximum Gasteiger partial charge on any atom is 0.434 e. The van der Waals surface area contributed by atoms with Crippen LogP contribution in [0.3, 0.4) is 0 Å². The number of aromatic nitrogens is 2. The van der Waals surface area contributed by atoms with Crippen molar-refractivity contribution in [2.45, 2.75) is 43.7 Å². The largest absolute Gasteiger partial charge is 0.434 e. The molecule has 1 N–H and O–H groups in total. The van der Waals surface area contributed by atoms with Crippen molar-refractivity contribution in [2.24, 2.45) is 5.92 Å². The van der Waals surface area contributed by atoms with Crippen molar-refractivity contribution in [2.75, 3.05) is 13.1 Å². The number of hydrogen-bond acceptors (Lipinski definition) is 6. The minimum absolute atomic E-state index is 0.0144. The van der Waals surface area contributed by atoms with Crippen LogP contribution in [0.15, 0.2) is 35.5 Å². The van der Waals surface area contributed by atoms with Crippen molar-refractivity contribution in [1.82, 2.24) is 19.2 Å². The highest BCUT2D eigenvalue weighted by Gasteiger charge is 2.32. The van der Waals surface area contributed by atoms with E-state index >= 15 is 0 Å². The zero-order valence-electron chi connectivity index (χ0n) is 17.3. The topological polar surface area (TPSA) is 127 Å². The van der Waals surface area contributed by atoms with E-state index in [4.69, 9.17) is 23.2 Å². The third-order valence-electron chi connectivity index (χ3n) is 5.41. The summed E-state index contributed by atoms with van der Waals surface area (Å²) in [6.07, 6.45) is 4.30. The van der Waals surface area contributed by atoms with Crippen LogP contribution in [-0.4, -0.2) is 52.8 Å². The number of aryl methyl sites for hydroxylation is 1. The third-order valence-corrected chi connectivity index (χ3v) is 7.86. The summed E-state index contributed by atoms with van der Waals surface area (Å²) < 4.78 is 29.8. The minimum atomic E-state index is -4.20. The predicted octanol–water partition coefficient (Wildman–Crippen LogP) is 3.09. The van der Waals surface area contributed by atoms with Crippen molar-refractivity contribution in [1.29, 1.82) is 0 Å². The molecule has 32 heavy (non-hydrogen) atoms. The Balaban J connectivity index is 1.85. The van der Waals surface area contributed by atoms with E-state index in [1.54, 1.807) is 4.90 Å². The lowest BCUT2D eigenvalue weighted by Gasteiger charge is -2.33. The summed E-state index contributed by atoms with van der Waals surface area (Å²) in [7, 11) is -4.20. The normalized spacial score (nSPS) is 16.2. The van der Waals surface area contributed by atoms with Gasteiger partial charge in [-0.05, 0) is 35.8 Å². The van der Waals surface area contributed by atoms with Gasteiger partial charge in [-0.1, -0.05) is 41.2 Å². The Bertz CT molecular complexity index is 1100. The number of nitrogens with one attached hydrogen (secondary N) is 1. The average Bonchev–Trinajstić information content (AvgIpc) is 3.22. The SMILES string of the molecule is CC1CCN(C(=O)C(CCn2ccnc2[N+](=O)[O-])NS(=O)(=O)c2cccc(Cl)c2Cl)CC1. The lowest BCUT2D eigenvalue weighted by molar-refractivity contribution is -0.396. The summed E-state index contributed by atoms with van der Waals surface area (Å²) in [4.78, 5) is 28.8. The van der Waals surface area contributed by atoms with Crippen molar-refractivity contribution >= 4 is 45.1 Å². The number of rotatable bonds is 8. The summed E-state index contributed by atoms with van der Waals surface area (Å²) in [6.45, 7) is 3.15. The molecule has 2 aromatic rings. The minimum Gasteiger partial charge on any atom is -0.390 e. The van der Waals surface area contributed by atoms with Crippen LogP contribution in [0.25, 0.3) is 0 Å². The zero-order valence-corrected chi connectivity index (χ0v) is 19.6. The first kappa shape index (κ1) is 24.4. The number of nitro groups is 1. The molecule has 0 saturated carbocycles. The highest BCUT2D eigenvalue weighted by atomic mass is 35.5. The second-order valence-electron chi connectivity index (χ2n) is 7.70. The summed E-state index contributed by atoms with van der Waals surface area (Å²) in [6, 6.07) is 3.05. The lowest BCUT2D eigenvalue weighted by Crippen LogP contribution is -2.51. The van der Waals surface area contributed by atoms with Gasteiger partial charge in [0.15, 0.2) is 0 Å². The van der Waals surface area contributed by atoms with Crippen LogP contribution >= 0.6 is 23.2 Å². The van der Waals surface area contributed by atoms with Gasteiger partial charge in [0.1, 0.15) is 23.3 Å². The fraction of sp³-hybridized carbons (Fsp3) is 0.474. The van der Waals surface area contributed by atoms with E-state index in [0.717, 1.165) is 12.8 Å². The summed E-state index contributed by atoms with van der Waals surface area (Å²) >= 11 is 12.0. The molecule has 1 unspecified atom stereocenters. The van der Waals surface area contributed by atoms with Gasteiger partial charge in [-0.3, -0.25) is 4.79 Å². The Kier molecular flexibility index (Phi) is 7.75. The van der Waals surface area contributed by atoms with Crippen LogP contribution in [0.2, 0.25) is 10.0 Å². The van der Waals surface area contributed by atoms with Gasteiger partial charge in [-0.15, -0.1) is 0 Å². The van der Waals surface area contributed by atoms with Gasteiger partial charge >= 0.3 is 5.95 Å². The van der Waals surface area contributed by atoms with E-state index in [-0.39, 0.29) is 39.8 Å². The van der Waals surface area contributed by atoms with Gasteiger partial charge in [0.2, 0.25) is 15.9 Å². The molecule has 0 radical (unpaired) electrons. The van der Waals surface area contributed by atoms with Gasteiger partial charge in [-0.2, -0.15) is 4.72 Å². The van der Waals surface area contributed by atoms with Gasteiger partial charge in [0.05, 0.1) is 16.6 Å². The highest BCUT2D eigenvalue weighted by Crippen LogP contribution is 2.29. The van der Waals surface area contributed by atoms with Crippen molar-refractivity contribution < 1.29 is 18.1 Å². The standard InChI is InChI=1S/C19H23Cl2N5O5S/c1-13-5-9-24(10-6-13)18(27)15(7-11-25-12-8-22-19(25)26(28)29)23-32(30,31)16-4-2-3-14(20)17(16)21/h2-4,8,12-13,15,23H,5-7,9-11H2,1H3. The molecule has 3 rings (SSSR count). The van der Waals surface area contributed by atoms with Crippen LogP contribution in [0.1, 0.15) is 26.2 Å². The molecule has 0 aliphatic carbocycles. The van der Waals surface area contributed by atoms with Gasteiger partial charge < -0.3 is 15.0 Å². The number of amides is 1. The van der Waals surface area contributed by atoms with Crippen LogP contribution in [0.4, 0.5) is 5.95 Å². The molecular formula is C19H23Cl2N5O5S. The monoisotopic (exact) mass is 503 g/mol.